The molecule has 5 nitrogen and oxygen atoms in total. The molecule has 0 fully saturated rings. The van der Waals surface area contributed by atoms with Crippen LogP contribution in [0.2, 0.25) is 0 Å². The summed E-state index contributed by atoms with van der Waals surface area (Å²) in [5.41, 5.74) is 3.82. The lowest BCUT2D eigenvalue weighted by Gasteiger charge is -2.24. The van der Waals surface area contributed by atoms with Crippen LogP contribution in [-0.4, -0.2) is 25.9 Å². The Labute approximate surface area is 121 Å². The molecule has 20 heavy (non-hydrogen) atoms. The summed E-state index contributed by atoms with van der Waals surface area (Å²) in [6, 6.07) is 5.75. The molecular weight excluding hydrogens is 256 g/mol. The molecule has 0 aromatic heterocycles. The van der Waals surface area contributed by atoms with E-state index in [4.69, 9.17) is 20.1 Å². The maximum atomic E-state index is 5.65. The summed E-state index contributed by atoms with van der Waals surface area (Å²) in [5, 5.41) is 0. The fraction of sp³-hybridized carbons (Fsp3) is 0.600. The van der Waals surface area contributed by atoms with Crippen LogP contribution in [0.15, 0.2) is 18.2 Å². The van der Waals surface area contributed by atoms with Crippen molar-refractivity contribution < 1.29 is 14.2 Å². The van der Waals surface area contributed by atoms with Gasteiger partial charge in [-0.05, 0) is 45.4 Å². The van der Waals surface area contributed by atoms with Gasteiger partial charge in [-0.15, -0.1) is 0 Å². The van der Waals surface area contributed by atoms with Crippen LogP contribution in [0.4, 0.5) is 0 Å². The standard InChI is InChI=1S/C15H26N2O3/c1-5-18-11(4)15(17-16)12-8-9-13(19-6-2)14(10-12)20-7-3/h8-11,15,17H,5-7,16H2,1-4H3. The average Bonchev–Trinajstić information content (AvgIpc) is 2.43. The van der Waals surface area contributed by atoms with Crippen LogP contribution in [0.3, 0.4) is 0 Å². The van der Waals surface area contributed by atoms with Gasteiger partial charge < -0.3 is 14.2 Å². The molecule has 3 N–H and O–H groups in total. The van der Waals surface area contributed by atoms with Gasteiger partial charge in [0.25, 0.3) is 0 Å². The number of rotatable bonds is 9. The molecule has 0 aliphatic carbocycles. The van der Waals surface area contributed by atoms with E-state index in [1.807, 2.05) is 45.9 Å². The molecule has 0 bridgehead atoms. The number of benzene rings is 1. The average molecular weight is 282 g/mol. The quantitative estimate of drug-likeness (QED) is 0.538. The maximum Gasteiger partial charge on any atom is 0.161 e. The summed E-state index contributed by atoms with van der Waals surface area (Å²) in [6.45, 7) is 9.70. The number of nitrogens with two attached hydrogens (primary N) is 1. The fourth-order valence-corrected chi connectivity index (χ4v) is 2.12. The third-order valence-electron chi connectivity index (χ3n) is 3.01. The van der Waals surface area contributed by atoms with Crippen LogP contribution in [-0.2, 0) is 4.74 Å². The van der Waals surface area contributed by atoms with Crippen molar-refractivity contribution in [2.75, 3.05) is 19.8 Å². The molecule has 1 aromatic rings. The first kappa shape index (κ1) is 16.8. The summed E-state index contributed by atoms with van der Waals surface area (Å²) in [5.74, 6) is 7.13. The zero-order valence-electron chi connectivity index (χ0n) is 12.8. The Kier molecular flexibility index (Phi) is 7.36. The number of ether oxygens (including phenoxy) is 3. The number of nitrogens with one attached hydrogen (secondary N) is 1. The lowest BCUT2D eigenvalue weighted by atomic mass is 10.0. The van der Waals surface area contributed by atoms with Gasteiger partial charge in [0, 0.05) is 6.61 Å². The van der Waals surface area contributed by atoms with Crippen LogP contribution in [0.25, 0.3) is 0 Å². The van der Waals surface area contributed by atoms with Gasteiger partial charge >= 0.3 is 0 Å². The van der Waals surface area contributed by atoms with E-state index >= 15 is 0 Å². The molecule has 0 saturated heterocycles. The minimum atomic E-state index is -0.0927. The highest BCUT2D eigenvalue weighted by Gasteiger charge is 2.20. The molecule has 0 radical (unpaired) electrons. The normalized spacial score (nSPS) is 13.8. The smallest absolute Gasteiger partial charge is 0.161 e. The van der Waals surface area contributed by atoms with Crippen molar-refractivity contribution in [3.8, 4) is 11.5 Å². The van der Waals surface area contributed by atoms with Crippen molar-refractivity contribution in [2.24, 2.45) is 5.84 Å². The molecule has 0 amide bonds. The summed E-state index contributed by atoms with van der Waals surface area (Å²) >= 11 is 0. The fourth-order valence-electron chi connectivity index (χ4n) is 2.12. The molecule has 114 valence electrons. The minimum absolute atomic E-state index is 0.0302. The molecule has 0 heterocycles. The lowest BCUT2D eigenvalue weighted by molar-refractivity contribution is 0.0472. The maximum absolute atomic E-state index is 5.65. The van der Waals surface area contributed by atoms with Gasteiger partial charge in [0.1, 0.15) is 0 Å². The molecule has 0 spiro atoms. The lowest BCUT2D eigenvalue weighted by Crippen LogP contribution is -2.36. The molecule has 5 heteroatoms. The Morgan fingerprint density at radius 2 is 1.70 bits per heavy atom. The Morgan fingerprint density at radius 1 is 1.05 bits per heavy atom. The van der Waals surface area contributed by atoms with E-state index < -0.39 is 0 Å². The van der Waals surface area contributed by atoms with Gasteiger partial charge in [-0.1, -0.05) is 6.07 Å². The van der Waals surface area contributed by atoms with Gasteiger partial charge in [-0.2, -0.15) is 0 Å². The Morgan fingerprint density at radius 3 is 2.25 bits per heavy atom. The van der Waals surface area contributed by atoms with Crippen molar-refractivity contribution in [1.29, 1.82) is 0 Å². The van der Waals surface area contributed by atoms with Gasteiger partial charge in [0.15, 0.2) is 11.5 Å². The molecule has 0 aliphatic rings. The van der Waals surface area contributed by atoms with Gasteiger partial charge in [-0.25, -0.2) is 0 Å². The first-order valence-electron chi connectivity index (χ1n) is 7.15. The zero-order valence-corrected chi connectivity index (χ0v) is 12.8. The van der Waals surface area contributed by atoms with Crippen LogP contribution >= 0.6 is 0 Å². The van der Waals surface area contributed by atoms with Crippen molar-refractivity contribution in [3.05, 3.63) is 23.8 Å². The zero-order chi connectivity index (χ0) is 15.0. The van der Waals surface area contributed by atoms with Crippen molar-refractivity contribution >= 4 is 0 Å². The summed E-state index contributed by atoms with van der Waals surface area (Å²) in [6.07, 6.45) is -0.0302. The third kappa shape index (κ3) is 4.37. The van der Waals surface area contributed by atoms with E-state index in [-0.39, 0.29) is 12.1 Å². The largest absolute Gasteiger partial charge is 0.490 e. The summed E-state index contributed by atoms with van der Waals surface area (Å²) in [7, 11) is 0. The second-order valence-corrected chi connectivity index (χ2v) is 4.38. The van der Waals surface area contributed by atoms with E-state index in [1.165, 1.54) is 0 Å². The van der Waals surface area contributed by atoms with Crippen molar-refractivity contribution in [2.45, 2.75) is 39.8 Å². The van der Waals surface area contributed by atoms with E-state index in [2.05, 4.69) is 5.43 Å². The number of hydrogen-bond donors (Lipinski definition) is 2. The van der Waals surface area contributed by atoms with Gasteiger partial charge in [-0.3, -0.25) is 11.3 Å². The molecule has 2 atom stereocenters. The second-order valence-electron chi connectivity index (χ2n) is 4.38. The molecule has 1 aromatic carbocycles. The van der Waals surface area contributed by atoms with Gasteiger partial charge in [0.05, 0.1) is 25.4 Å². The number of hydrazine groups is 1. The highest BCUT2D eigenvalue weighted by Crippen LogP contribution is 2.31. The molecule has 2 unspecified atom stereocenters. The van der Waals surface area contributed by atoms with E-state index in [1.54, 1.807) is 0 Å². The van der Waals surface area contributed by atoms with E-state index in [0.29, 0.717) is 19.8 Å². The molecule has 0 aliphatic heterocycles. The highest BCUT2D eigenvalue weighted by atomic mass is 16.5. The first-order valence-corrected chi connectivity index (χ1v) is 7.15. The predicted molar refractivity (Wildman–Crippen MR) is 79.9 cm³/mol. The van der Waals surface area contributed by atoms with Gasteiger partial charge in [0.2, 0.25) is 0 Å². The molecule has 0 saturated carbocycles. The highest BCUT2D eigenvalue weighted by molar-refractivity contribution is 5.44. The van der Waals surface area contributed by atoms with Crippen molar-refractivity contribution in [3.63, 3.8) is 0 Å². The van der Waals surface area contributed by atoms with Crippen LogP contribution in [0, 0.1) is 0 Å². The Bertz CT molecular complexity index is 399. The molecule has 1 rings (SSSR count). The Balaban J connectivity index is 3.01. The SMILES string of the molecule is CCOc1ccc(C(NN)C(C)OCC)cc1OCC. The van der Waals surface area contributed by atoms with Crippen LogP contribution in [0.5, 0.6) is 11.5 Å². The van der Waals surface area contributed by atoms with E-state index in [0.717, 1.165) is 17.1 Å². The molecular formula is C15H26N2O3. The Hall–Kier alpha value is -1.30. The number of hydrogen-bond acceptors (Lipinski definition) is 5. The summed E-state index contributed by atoms with van der Waals surface area (Å²) < 4.78 is 16.8. The second kappa shape index (κ2) is 8.79. The van der Waals surface area contributed by atoms with E-state index in [9.17, 15) is 0 Å². The van der Waals surface area contributed by atoms with Crippen LogP contribution < -0.4 is 20.7 Å². The first-order chi connectivity index (χ1) is 9.67. The third-order valence-corrected chi connectivity index (χ3v) is 3.01. The van der Waals surface area contributed by atoms with Crippen molar-refractivity contribution in [1.82, 2.24) is 5.43 Å². The van der Waals surface area contributed by atoms with Crippen LogP contribution in [0.1, 0.15) is 39.3 Å². The monoisotopic (exact) mass is 282 g/mol. The minimum Gasteiger partial charge on any atom is -0.490 e. The summed E-state index contributed by atoms with van der Waals surface area (Å²) in [4.78, 5) is 0. The predicted octanol–water partition coefficient (Wildman–Crippen LogP) is 2.41. The topological polar surface area (TPSA) is 65.7 Å².